The normalized spacial score (nSPS) is 27.2. The van der Waals surface area contributed by atoms with Gasteiger partial charge in [-0.25, -0.2) is 0 Å². The number of hydrogen-bond acceptors (Lipinski definition) is 2. The van der Waals surface area contributed by atoms with Gasteiger partial charge in [-0.15, -0.1) is 0 Å². The smallest absolute Gasteiger partial charge is 0.0559 e. The molecule has 0 aromatic heterocycles. The van der Waals surface area contributed by atoms with Crippen molar-refractivity contribution in [2.45, 2.75) is 53.0 Å². The fraction of sp³-hybridized carbons (Fsp3) is 0.261. The maximum atomic E-state index is 2.69. The Hall–Kier alpha value is -4.82. The summed E-state index contributed by atoms with van der Waals surface area (Å²) in [6.07, 6.45) is 31.8. The molecule has 3 aromatic carbocycles. The Morgan fingerprint density at radius 3 is 2.15 bits per heavy atom. The third-order valence-corrected chi connectivity index (χ3v) is 10.3. The number of para-hydroxylation sites is 1. The molecule has 0 saturated carbocycles. The van der Waals surface area contributed by atoms with Crippen LogP contribution in [0.25, 0.3) is 0 Å². The van der Waals surface area contributed by atoms with Crippen LogP contribution in [-0.2, 0) is 0 Å². The minimum absolute atomic E-state index is 0.249. The first-order valence-corrected chi connectivity index (χ1v) is 17.7. The van der Waals surface area contributed by atoms with Crippen LogP contribution in [0.3, 0.4) is 0 Å². The molecule has 0 spiro atoms. The van der Waals surface area contributed by atoms with Crippen LogP contribution in [-0.4, -0.2) is 6.04 Å². The standard InChI is InChI=1S/C46H48N2/c1-33-16-13-23-39(28-33)47(38-21-9-6-10-22-38)46-31-37-20-8-5-7-19-36(4)45(32-44(37)42-26-11-12-27-43(42)46)48(40-24-14-17-34(2)29-40)41-25-15-18-35(3)30-41/h5-19,21-24,27-32,36-37,41-42,44H,20,25-26H2,1-4H3/b8-5-,19-7-,45-32+. The van der Waals surface area contributed by atoms with Gasteiger partial charge in [-0.05, 0) is 111 Å². The number of fused-ring (bicyclic) bond motifs is 3. The van der Waals surface area contributed by atoms with E-state index in [0.29, 0.717) is 17.8 Å². The van der Waals surface area contributed by atoms with Crippen molar-refractivity contribution in [3.05, 3.63) is 185 Å². The summed E-state index contributed by atoms with van der Waals surface area (Å²) in [5.41, 5.74) is 11.7. The molecular formula is C46H48N2. The Morgan fingerprint density at radius 1 is 0.646 bits per heavy atom. The van der Waals surface area contributed by atoms with Crippen LogP contribution in [0.1, 0.15) is 44.2 Å². The molecule has 4 aliphatic carbocycles. The van der Waals surface area contributed by atoms with Gasteiger partial charge < -0.3 is 9.80 Å². The summed E-state index contributed by atoms with van der Waals surface area (Å²) in [6.45, 7) is 9.01. The first-order chi connectivity index (χ1) is 23.5. The van der Waals surface area contributed by atoms with Crippen molar-refractivity contribution < 1.29 is 0 Å². The molecular weight excluding hydrogens is 581 g/mol. The van der Waals surface area contributed by atoms with E-state index < -0.39 is 0 Å². The molecule has 0 aliphatic heterocycles. The molecule has 2 nitrogen and oxygen atoms in total. The molecule has 3 aromatic rings. The maximum Gasteiger partial charge on any atom is 0.0559 e. The lowest BCUT2D eigenvalue weighted by atomic mass is 9.67. The lowest BCUT2D eigenvalue weighted by Crippen LogP contribution is -2.38. The van der Waals surface area contributed by atoms with E-state index in [1.807, 2.05) is 0 Å². The summed E-state index contributed by atoms with van der Waals surface area (Å²) in [7, 11) is 0. The van der Waals surface area contributed by atoms with E-state index in [0.717, 1.165) is 19.3 Å². The zero-order valence-electron chi connectivity index (χ0n) is 28.8. The molecule has 2 heteroatoms. The van der Waals surface area contributed by atoms with Gasteiger partial charge in [0.15, 0.2) is 0 Å². The molecule has 0 bridgehead atoms. The minimum atomic E-state index is 0.249. The molecule has 242 valence electrons. The molecule has 0 N–H and O–H groups in total. The number of anilines is 3. The van der Waals surface area contributed by atoms with Gasteiger partial charge in [-0.2, -0.15) is 0 Å². The van der Waals surface area contributed by atoms with Gasteiger partial charge in [-0.1, -0.05) is 128 Å². The quantitative estimate of drug-likeness (QED) is 0.268. The molecule has 0 saturated heterocycles. The average molecular weight is 629 g/mol. The summed E-state index contributed by atoms with van der Waals surface area (Å²) in [5, 5.41) is 0. The largest absolute Gasteiger partial charge is 0.338 e. The topological polar surface area (TPSA) is 6.48 Å². The predicted molar refractivity (Wildman–Crippen MR) is 205 cm³/mol. The van der Waals surface area contributed by atoms with E-state index in [1.54, 1.807) is 0 Å². The van der Waals surface area contributed by atoms with E-state index >= 15 is 0 Å². The van der Waals surface area contributed by atoms with Crippen molar-refractivity contribution in [3.63, 3.8) is 0 Å². The van der Waals surface area contributed by atoms with Gasteiger partial charge in [0.05, 0.1) is 6.04 Å². The van der Waals surface area contributed by atoms with E-state index in [9.17, 15) is 0 Å². The Balaban J connectivity index is 1.41. The van der Waals surface area contributed by atoms with Crippen LogP contribution in [0.2, 0.25) is 0 Å². The molecule has 0 radical (unpaired) electrons. The fourth-order valence-corrected chi connectivity index (χ4v) is 8.04. The summed E-state index contributed by atoms with van der Waals surface area (Å²) >= 11 is 0. The number of nitrogens with zero attached hydrogens (tertiary/aromatic N) is 2. The van der Waals surface area contributed by atoms with Crippen LogP contribution in [0.4, 0.5) is 17.1 Å². The lowest BCUT2D eigenvalue weighted by Gasteiger charge is -2.44. The van der Waals surface area contributed by atoms with Crippen LogP contribution in [0, 0.1) is 37.5 Å². The lowest BCUT2D eigenvalue weighted by molar-refractivity contribution is 0.341. The van der Waals surface area contributed by atoms with Crippen molar-refractivity contribution in [2.75, 3.05) is 9.80 Å². The van der Waals surface area contributed by atoms with Gasteiger partial charge in [0.2, 0.25) is 0 Å². The zero-order chi connectivity index (χ0) is 33.0. The Kier molecular flexibility index (Phi) is 9.34. The maximum absolute atomic E-state index is 2.69. The average Bonchev–Trinajstić information content (AvgIpc) is 3.09. The van der Waals surface area contributed by atoms with Gasteiger partial charge >= 0.3 is 0 Å². The summed E-state index contributed by atoms with van der Waals surface area (Å²) < 4.78 is 0. The van der Waals surface area contributed by atoms with Crippen molar-refractivity contribution in [1.29, 1.82) is 0 Å². The highest BCUT2D eigenvalue weighted by molar-refractivity contribution is 5.73. The van der Waals surface area contributed by atoms with Crippen LogP contribution in [0.15, 0.2) is 174 Å². The molecule has 0 heterocycles. The van der Waals surface area contributed by atoms with Crippen LogP contribution >= 0.6 is 0 Å². The Bertz CT molecular complexity index is 1880. The van der Waals surface area contributed by atoms with E-state index in [2.05, 4.69) is 189 Å². The molecule has 0 fully saturated rings. The molecule has 48 heavy (non-hydrogen) atoms. The Labute approximate surface area is 288 Å². The van der Waals surface area contributed by atoms with Gasteiger partial charge in [0, 0.05) is 34.4 Å². The fourth-order valence-electron chi connectivity index (χ4n) is 8.04. The highest BCUT2D eigenvalue weighted by Gasteiger charge is 2.39. The van der Waals surface area contributed by atoms with Crippen molar-refractivity contribution >= 4 is 17.1 Å². The van der Waals surface area contributed by atoms with E-state index in [1.165, 1.54) is 50.7 Å². The summed E-state index contributed by atoms with van der Waals surface area (Å²) in [5.74, 6) is 1.32. The van der Waals surface area contributed by atoms with Gasteiger partial charge in [0.25, 0.3) is 0 Å². The second-order valence-electron chi connectivity index (χ2n) is 13.9. The minimum Gasteiger partial charge on any atom is -0.338 e. The first-order valence-electron chi connectivity index (χ1n) is 17.7. The molecule has 4 aliphatic rings. The highest BCUT2D eigenvalue weighted by atomic mass is 15.2. The molecule has 0 amide bonds. The third kappa shape index (κ3) is 6.62. The first kappa shape index (κ1) is 31.8. The molecule has 7 rings (SSSR count). The number of rotatable bonds is 6. The molecule has 5 atom stereocenters. The SMILES string of the molecule is CC1=CC(N(/C2=C/C3C(C=C(N(c4ccccc4)c4cccc(C)c4)C4=CC=CCC43)C/C=C\C=C/C2C)c2cccc(C)c2)CC=C1. The van der Waals surface area contributed by atoms with Crippen molar-refractivity contribution in [2.24, 2.45) is 23.7 Å². The predicted octanol–water partition coefficient (Wildman–Crippen LogP) is 11.9. The second kappa shape index (κ2) is 14.1. The second-order valence-corrected chi connectivity index (χ2v) is 13.9. The number of hydrogen-bond donors (Lipinski definition) is 0. The van der Waals surface area contributed by atoms with Gasteiger partial charge in [0.1, 0.15) is 0 Å². The zero-order valence-corrected chi connectivity index (χ0v) is 28.8. The van der Waals surface area contributed by atoms with Crippen LogP contribution < -0.4 is 9.80 Å². The molecule has 5 unspecified atom stereocenters. The monoisotopic (exact) mass is 628 g/mol. The number of benzene rings is 3. The number of allylic oxidation sites excluding steroid dienone is 12. The van der Waals surface area contributed by atoms with Crippen molar-refractivity contribution in [1.82, 2.24) is 0 Å². The summed E-state index contributed by atoms with van der Waals surface area (Å²) in [4.78, 5) is 5.15. The Morgan fingerprint density at radius 2 is 1.38 bits per heavy atom. The van der Waals surface area contributed by atoms with E-state index in [4.69, 9.17) is 0 Å². The van der Waals surface area contributed by atoms with Crippen LogP contribution in [0.5, 0.6) is 0 Å². The van der Waals surface area contributed by atoms with E-state index in [-0.39, 0.29) is 12.0 Å². The number of aryl methyl sites for hydroxylation is 2. The highest BCUT2D eigenvalue weighted by Crippen LogP contribution is 2.49. The van der Waals surface area contributed by atoms with Gasteiger partial charge in [-0.3, -0.25) is 0 Å². The third-order valence-electron chi connectivity index (χ3n) is 10.3. The summed E-state index contributed by atoms with van der Waals surface area (Å²) in [6, 6.07) is 29.2. The van der Waals surface area contributed by atoms with Crippen molar-refractivity contribution in [3.8, 4) is 0 Å².